The van der Waals surface area contributed by atoms with Crippen LogP contribution in [0, 0.1) is 6.92 Å². The topological polar surface area (TPSA) is 75.9 Å². The predicted octanol–water partition coefficient (Wildman–Crippen LogP) is 2.19. The van der Waals surface area contributed by atoms with Gasteiger partial charge in [-0.25, -0.2) is 4.98 Å². The zero-order valence-electron chi connectivity index (χ0n) is 15.2. The van der Waals surface area contributed by atoms with Gasteiger partial charge in [0.15, 0.2) is 0 Å². The number of aromatic nitrogens is 2. The molecular formula is C20H20N4O3. The molecule has 1 aliphatic rings. The van der Waals surface area contributed by atoms with E-state index in [-0.39, 0.29) is 24.3 Å². The molecule has 2 aromatic heterocycles. The van der Waals surface area contributed by atoms with E-state index in [0.29, 0.717) is 29.3 Å². The second kappa shape index (κ2) is 6.75. The lowest BCUT2D eigenvalue weighted by Gasteiger charge is -2.19. The van der Waals surface area contributed by atoms with Crippen molar-refractivity contribution in [1.82, 2.24) is 14.7 Å². The number of rotatable bonds is 4. The molecule has 1 saturated heterocycles. The van der Waals surface area contributed by atoms with Crippen molar-refractivity contribution >= 4 is 23.1 Å². The Balaban J connectivity index is 1.49. The number of imidazole rings is 1. The summed E-state index contributed by atoms with van der Waals surface area (Å²) < 4.78 is 7.17. The smallest absolute Gasteiger partial charge is 0.271 e. The lowest BCUT2D eigenvalue weighted by Crippen LogP contribution is -2.37. The molecule has 1 fully saturated rings. The van der Waals surface area contributed by atoms with Gasteiger partial charge in [0.05, 0.1) is 18.8 Å². The molecule has 1 atom stereocenters. The lowest BCUT2D eigenvalue weighted by molar-refractivity contribution is -0.117. The Labute approximate surface area is 156 Å². The van der Waals surface area contributed by atoms with Gasteiger partial charge in [0.1, 0.15) is 17.1 Å². The van der Waals surface area contributed by atoms with E-state index >= 15 is 0 Å². The van der Waals surface area contributed by atoms with Crippen LogP contribution in [-0.4, -0.2) is 40.9 Å². The second-order valence-corrected chi connectivity index (χ2v) is 6.65. The van der Waals surface area contributed by atoms with E-state index in [9.17, 15) is 9.59 Å². The van der Waals surface area contributed by atoms with Crippen LogP contribution in [0.25, 0.3) is 5.65 Å². The number of anilines is 1. The van der Waals surface area contributed by atoms with E-state index in [1.165, 1.54) is 0 Å². The van der Waals surface area contributed by atoms with Gasteiger partial charge in [-0.3, -0.25) is 9.59 Å². The number of aryl methyl sites for hydroxylation is 1. The molecule has 7 heteroatoms. The van der Waals surface area contributed by atoms with E-state index in [1.54, 1.807) is 18.2 Å². The third kappa shape index (κ3) is 3.23. The number of carbonyl (C=O) groups is 2. The van der Waals surface area contributed by atoms with Gasteiger partial charge in [-0.2, -0.15) is 0 Å². The molecule has 3 heterocycles. The fourth-order valence-electron chi connectivity index (χ4n) is 3.36. The Morgan fingerprint density at radius 1 is 1.22 bits per heavy atom. The van der Waals surface area contributed by atoms with Crippen molar-refractivity contribution in [2.24, 2.45) is 0 Å². The number of ether oxygens (including phenoxy) is 1. The molecule has 0 saturated carbocycles. The number of benzene rings is 1. The molecule has 0 spiro atoms. The first-order valence-electron chi connectivity index (χ1n) is 8.75. The van der Waals surface area contributed by atoms with Crippen molar-refractivity contribution in [3.8, 4) is 5.75 Å². The summed E-state index contributed by atoms with van der Waals surface area (Å²) in [5.74, 6) is 0.306. The summed E-state index contributed by atoms with van der Waals surface area (Å²) >= 11 is 0. The molecule has 0 radical (unpaired) electrons. The number of carbonyl (C=O) groups excluding carboxylic acids is 2. The number of nitrogens with zero attached hydrogens (tertiary/aromatic N) is 3. The quantitative estimate of drug-likeness (QED) is 0.770. The lowest BCUT2D eigenvalue weighted by atomic mass is 10.2. The zero-order valence-corrected chi connectivity index (χ0v) is 15.2. The van der Waals surface area contributed by atoms with Crippen LogP contribution >= 0.6 is 0 Å². The maximum Gasteiger partial charge on any atom is 0.271 e. The Morgan fingerprint density at radius 3 is 2.85 bits per heavy atom. The zero-order chi connectivity index (χ0) is 19.0. The molecule has 1 aliphatic heterocycles. The van der Waals surface area contributed by atoms with Crippen molar-refractivity contribution in [3.63, 3.8) is 0 Å². The molecule has 2 amide bonds. The number of hydrogen-bond donors (Lipinski definition) is 1. The highest BCUT2D eigenvalue weighted by Gasteiger charge is 2.33. The summed E-state index contributed by atoms with van der Waals surface area (Å²) in [6, 6.07) is 10.9. The minimum absolute atomic E-state index is 0.0459. The van der Waals surface area contributed by atoms with E-state index < -0.39 is 0 Å². The number of fused-ring (bicyclic) bond motifs is 1. The summed E-state index contributed by atoms with van der Waals surface area (Å²) in [6.45, 7) is 2.38. The maximum absolute atomic E-state index is 12.6. The average molecular weight is 364 g/mol. The van der Waals surface area contributed by atoms with Gasteiger partial charge in [0, 0.05) is 25.4 Å². The van der Waals surface area contributed by atoms with Crippen molar-refractivity contribution < 1.29 is 14.3 Å². The second-order valence-electron chi connectivity index (χ2n) is 6.65. The van der Waals surface area contributed by atoms with Crippen LogP contribution in [0.15, 0.2) is 48.8 Å². The third-order valence-electron chi connectivity index (χ3n) is 4.67. The molecule has 1 unspecified atom stereocenters. The first-order chi connectivity index (χ1) is 13.0. The van der Waals surface area contributed by atoms with Gasteiger partial charge < -0.3 is 19.4 Å². The van der Waals surface area contributed by atoms with Crippen LogP contribution in [0.5, 0.6) is 5.75 Å². The molecule has 0 aliphatic carbocycles. The summed E-state index contributed by atoms with van der Waals surface area (Å²) in [6.07, 6.45) is 3.87. The van der Waals surface area contributed by atoms with Gasteiger partial charge in [-0.15, -0.1) is 0 Å². The average Bonchev–Trinajstić information content (AvgIpc) is 3.24. The van der Waals surface area contributed by atoms with Gasteiger partial charge in [-0.05, 0) is 30.7 Å². The molecule has 7 nitrogen and oxygen atoms in total. The largest absolute Gasteiger partial charge is 0.495 e. The molecule has 4 rings (SSSR count). The molecule has 3 aromatic rings. The number of methoxy groups -OCH3 is 1. The predicted molar refractivity (Wildman–Crippen MR) is 101 cm³/mol. The summed E-state index contributed by atoms with van der Waals surface area (Å²) in [7, 11) is 1.57. The van der Waals surface area contributed by atoms with Crippen LogP contribution in [-0.2, 0) is 4.79 Å². The number of nitrogens with one attached hydrogen (secondary N) is 1. The minimum atomic E-state index is -0.281. The van der Waals surface area contributed by atoms with Crippen molar-refractivity contribution in [3.05, 3.63) is 60.0 Å². The number of pyridine rings is 1. The third-order valence-corrected chi connectivity index (χ3v) is 4.67. The minimum Gasteiger partial charge on any atom is -0.495 e. The van der Waals surface area contributed by atoms with Gasteiger partial charge in [-0.1, -0.05) is 18.2 Å². The first kappa shape index (κ1) is 17.1. The molecular weight excluding hydrogens is 344 g/mol. The SMILES string of the molecule is COc1ccccc1N1CC(NC(=O)c2cn3cc(C)ccc3n2)CC1=O. The van der Waals surface area contributed by atoms with E-state index in [1.807, 2.05) is 53.9 Å². The van der Waals surface area contributed by atoms with Crippen molar-refractivity contribution in [1.29, 1.82) is 0 Å². The Morgan fingerprint density at radius 2 is 2.04 bits per heavy atom. The van der Waals surface area contributed by atoms with E-state index in [4.69, 9.17) is 4.74 Å². The first-order valence-corrected chi connectivity index (χ1v) is 8.75. The fraction of sp³-hybridized carbons (Fsp3) is 0.250. The number of hydrogen-bond acceptors (Lipinski definition) is 4. The molecule has 1 N–H and O–H groups in total. The van der Waals surface area contributed by atoms with Gasteiger partial charge in [0.25, 0.3) is 5.91 Å². The number of amides is 2. The summed E-state index contributed by atoms with van der Waals surface area (Å²) in [5, 5.41) is 2.92. The van der Waals surface area contributed by atoms with Crippen LogP contribution in [0.1, 0.15) is 22.5 Å². The van der Waals surface area contributed by atoms with Gasteiger partial charge in [0.2, 0.25) is 5.91 Å². The fourth-order valence-corrected chi connectivity index (χ4v) is 3.36. The van der Waals surface area contributed by atoms with E-state index in [2.05, 4.69) is 10.3 Å². The maximum atomic E-state index is 12.6. The standard InChI is InChI=1S/C20H20N4O3/c1-13-7-8-18-22-15(12-23(18)10-13)20(26)21-14-9-19(25)24(11-14)16-5-3-4-6-17(16)27-2/h3-8,10,12,14H,9,11H2,1-2H3,(H,21,26). The number of para-hydroxylation sites is 2. The Kier molecular flexibility index (Phi) is 4.27. The van der Waals surface area contributed by atoms with Crippen molar-refractivity contribution in [2.45, 2.75) is 19.4 Å². The van der Waals surface area contributed by atoms with Gasteiger partial charge >= 0.3 is 0 Å². The molecule has 0 bridgehead atoms. The monoisotopic (exact) mass is 364 g/mol. The summed E-state index contributed by atoms with van der Waals surface area (Å²) in [4.78, 5) is 31.0. The van der Waals surface area contributed by atoms with E-state index in [0.717, 1.165) is 5.56 Å². The van der Waals surface area contributed by atoms with Crippen LogP contribution in [0.3, 0.4) is 0 Å². The highest BCUT2D eigenvalue weighted by atomic mass is 16.5. The van der Waals surface area contributed by atoms with Crippen molar-refractivity contribution in [2.75, 3.05) is 18.6 Å². The van der Waals surface area contributed by atoms with Crippen LogP contribution < -0.4 is 15.0 Å². The molecule has 1 aromatic carbocycles. The Hall–Kier alpha value is -3.35. The van der Waals surface area contributed by atoms with Crippen LogP contribution in [0.2, 0.25) is 0 Å². The molecule has 27 heavy (non-hydrogen) atoms. The summed E-state index contributed by atoms with van der Waals surface area (Å²) in [5.41, 5.74) is 2.85. The highest BCUT2D eigenvalue weighted by molar-refractivity contribution is 5.99. The normalized spacial score (nSPS) is 16.7. The highest BCUT2D eigenvalue weighted by Crippen LogP contribution is 2.31. The Bertz CT molecular complexity index is 1030. The molecule has 138 valence electrons. The van der Waals surface area contributed by atoms with Crippen LogP contribution in [0.4, 0.5) is 5.69 Å².